The number of hydrogen-bond acceptors (Lipinski definition) is 3. The number of nitrogens with one attached hydrogen (secondary N) is 3. The molecule has 1 aromatic carbocycles. The fraction of sp³-hybridized carbons (Fsp3) is 0.600. The van der Waals surface area contributed by atoms with Crippen molar-refractivity contribution in [3.63, 3.8) is 0 Å². The Kier molecular flexibility index (Phi) is 6.45. The number of anilines is 1. The van der Waals surface area contributed by atoms with Gasteiger partial charge in [-0.3, -0.25) is 9.59 Å². The first-order valence-corrected chi connectivity index (χ1v) is 9.20. The number of amides is 2. The molecular weight excluding hydrogens is 314 g/mol. The molecule has 25 heavy (non-hydrogen) atoms. The lowest BCUT2D eigenvalue weighted by Crippen LogP contribution is -2.43. The highest BCUT2D eigenvalue weighted by atomic mass is 16.2. The minimum Gasteiger partial charge on any atom is -0.376 e. The van der Waals surface area contributed by atoms with Crippen LogP contribution in [0.3, 0.4) is 0 Å². The van der Waals surface area contributed by atoms with Crippen LogP contribution in [-0.4, -0.2) is 29.9 Å². The van der Waals surface area contributed by atoms with Crippen LogP contribution in [0.1, 0.15) is 63.7 Å². The van der Waals surface area contributed by atoms with E-state index in [1.807, 2.05) is 32.9 Å². The topological polar surface area (TPSA) is 70.2 Å². The lowest BCUT2D eigenvalue weighted by atomic mass is 9.86. The Labute approximate surface area is 151 Å². The van der Waals surface area contributed by atoms with E-state index in [1.54, 1.807) is 12.1 Å². The molecule has 1 aliphatic rings. The summed E-state index contributed by atoms with van der Waals surface area (Å²) >= 11 is 0. The monoisotopic (exact) mass is 345 g/mol. The molecule has 1 saturated carbocycles. The van der Waals surface area contributed by atoms with Gasteiger partial charge in [-0.05, 0) is 63.8 Å². The summed E-state index contributed by atoms with van der Waals surface area (Å²) in [4.78, 5) is 24.2. The van der Waals surface area contributed by atoms with Crippen LogP contribution in [0.5, 0.6) is 0 Å². The van der Waals surface area contributed by atoms with Crippen molar-refractivity contribution >= 4 is 17.5 Å². The van der Waals surface area contributed by atoms with E-state index in [1.165, 1.54) is 19.3 Å². The molecule has 1 aliphatic carbocycles. The standard InChI is InChI=1S/C20H31N3O2/c1-14-7-5-6-8-17(14)22-18(24)13-21-16-11-9-15(10-12-16)19(25)23-20(2,3)4/h9-12,14,17,21H,5-8,13H2,1-4H3,(H,22,24)(H,23,25)/t14-,17+/m1/s1. The van der Waals surface area contributed by atoms with Gasteiger partial charge in [0.05, 0.1) is 6.54 Å². The molecule has 0 bridgehead atoms. The molecule has 138 valence electrons. The SMILES string of the molecule is C[C@@H]1CCCC[C@@H]1NC(=O)CNc1ccc(C(=O)NC(C)(C)C)cc1. The number of rotatable bonds is 5. The Morgan fingerprint density at radius 3 is 2.32 bits per heavy atom. The van der Waals surface area contributed by atoms with Crippen molar-refractivity contribution in [2.45, 2.75) is 65.0 Å². The molecule has 0 aliphatic heterocycles. The van der Waals surface area contributed by atoms with Crippen LogP contribution < -0.4 is 16.0 Å². The van der Waals surface area contributed by atoms with Gasteiger partial charge >= 0.3 is 0 Å². The van der Waals surface area contributed by atoms with Gasteiger partial charge in [0.2, 0.25) is 5.91 Å². The van der Waals surface area contributed by atoms with E-state index in [-0.39, 0.29) is 23.9 Å². The minimum absolute atomic E-state index is 0.0216. The second-order valence-electron chi connectivity index (χ2n) is 8.07. The first-order valence-electron chi connectivity index (χ1n) is 9.20. The van der Waals surface area contributed by atoms with Crippen LogP contribution >= 0.6 is 0 Å². The molecule has 0 unspecified atom stereocenters. The van der Waals surface area contributed by atoms with E-state index in [0.29, 0.717) is 17.5 Å². The van der Waals surface area contributed by atoms with Gasteiger partial charge in [-0.15, -0.1) is 0 Å². The predicted octanol–water partition coefficient (Wildman–Crippen LogP) is 3.32. The molecule has 3 N–H and O–H groups in total. The van der Waals surface area contributed by atoms with Gasteiger partial charge in [0.25, 0.3) is 5.91 Å². The third-order valence-electron chi connectivity index (χ3n) is 4.55. The summed E-state index contributed by atoms with van der Waals surface area (Å²) in [7, 11) is 0. The quantitative estimate of drug-likeness (QED) is 0.767. The summed E-state index contributed by atoms with van der Waals surface area (Å²) in [6, 6.07) is 7.49. The molecule has 0 spiro atoms. The Morgan fingerprint density at radius 2 is 1.72 bits per heavy atom. The fourth-order valence-electron chi connectivity index (χ4n) is 3.12. The van der Waals surface area contributed by atoms with Crippen LogP contribution in [0.2, 0.25) is 0 Å². The van der Waals surface area contributed by atoms with E-state index >= 15 is 0 Å². The molecule has 0 aromatic heterocycles. The van der Waals surface area contributed by atoms with Crippen molar-refractivity contribution in [3.8, 4) is 0 Å². The summed E-state index contributed by atoms with van der Waals surface area (Å²) in [6.07, 6.45) is 4.72. The predicted molar refractivity (Wildman–Crippen MR) is 102 cm³/mol. The summed E-state index contributed by atoms with van der Waals surface area (Å²) in [5, 5.41) is 9.18. The van der Waals surface area contributed by atoms with E-state index in [4.69, 9.17) is 0 Å². The van der Waals surface area contributed by atoms with Gasteiger partial charge in [-0.1, -0.05) is 19.8 Å². The van der Waals surface area contributed by atoms with Crippen molar-refractivity contribution in [2.24, 2.45) is 5.92 Å². The maximum Gasteiger partial charge on any atom is 0.251 e. The van der Waals surface area contributed by atoms with Crippen LogP contribution in [0.15, 0.2) is 24.3 Å². The van der Waals surface area contributed by atoms with Crippen LogP contribution in [-0.2, 0) is 4.79 Å². The zero-order chi connectivity index (χ0) is 18.4. The molecule has 5 heteroatoms. The zero-order valence-corrected chi connectivity index (χ0v) is 15.8. The summed E-state index contributed by atoms with van der Waals surface area (Å²) < 4.78 is 0. The Hall–Kier alpha value is -2.04. The summed E-state index contributed by atoms with van der Waals surface area (Å²) in [6.45, 7) is 8.31. The Bertz CT molecular complexity index is 590. The van der Waals surface area contributed by atoms with Gasteiger partial charge in [0.1, 0.15) is 0 Å². The van der Waals surface area contributed by atoms with Crippen LogP contribution in [0, 0.1) is 5.92 Å². The van der Waals surface area contributed by atoms with E-state index < -0.39 is 0 Å². The third kappa shape index (κ3) is 6.40. The summed E-state index contributed by atoms with van der Waals surface area (Å²) in [5.74, 6) is 0.481. The van der Waals surface area contributed by atoms with Crippen molar-refractivity contribution < 1.29 is 9.59 Å². The molecule has 2 amide bonds. The highest BCUT2D eigenvalue weighted by Gasteiger charge is 2.22. The van der Waals surface area contributed by atoms with Gasteiger partial charge in [0.15, 0.2) is 0 Å². The fourth-order valence-corrected chi connectivity index (χ4v) is 3.12. The molecule has 5 nitrogen and oxygen atoms in total. The summed E-state index contributed by atoms with van der Waals surface area (Å²) in [5.41, 5.74) is 1.18. The molecule has 1 fully saturated rings. The van der Waals surface area contributed by atoms with Crippen molar-refractivity contribution in [1.82, 2.24) is 10.6 Å². The number of carbonyl (C=O) groups excluding carboxylic acids is 2. The largest absolute Gasteiger partial charge is 0.376 e. The van der Waals surface area contributed by atoms with E-state index in [0.717, 1.165) is 12.1 Å². The van der Waals surface area contributed by atoms with E-state index in [9.17, 15) is 9.59 Å². The maximum atomic E-state index is 12.1. The average molecular weight is 345 g/mol. The number of benzene rings is 1. The molecule has 2 atom stereocenters. The van der Waals surface area contributed by atoms with Gasteiger partial charge in [-0.2, -0.15) is 0 Å². The normalized spacial score (nSPS) is 20.6. The van der Waals surface area contributed by atoms with Gasteiger partial charge in [0, 0.05) is 22.8 Å². The molecule has 2 rings (SSSR count). The first-order chi connectivity index (χ1) is 11.7. The number of carbonyl (C=O) groups is 2. The first kappa shape index (κ1) is 19.3. The Morgan fingerprint density at radius 1 is 1.08 bits per heavy atom. The second-order valence-corrected chi connectivity index (χ2v) is 8.07. The Balaban J connectivity index is 1.81. The number of hydrogen-bond donors (Lipinski definition) is 3. The molecule has 0 heterocycles. The van der Waals surface area contributed by atoms with Crippen LogP contribution in [0.25, 0.3) is 0 Å². The lowest BCUT2D eigenvalue weighted by molar-refractivity contribution is -0.120. The highest BCUT2D eigenvalue weighted by Crippen LogP contribution is 2.23. The lowest BCUT2D eigenvalue weighted by Gasteiger charge is -2.29. The van der Waals surface area contributed by atoms with E-state index in [2.05, 4.69) is 22.9 Å². The van der Waals surface area contributed by atoms with Crippen LogP contribution in [0.4, 0.5) is 5.69 Å². The third-order valence-corrected chi connectivity index (χ3v) is 4.55. The second kappa shape index (κ2) is 8.37. The van der Waals surface area contributed by atoms with Crippen molar-refractivity contribution in [3.05, 3.63) is 29.8 Å². The van der Waals surface area contributed by atoms with Gasteiger partial charge in [-0.25, -0.2) is 0 Å². The molecular formula is C20H31N3O2. The smallest absolute Gasteiger partial charge is 0.251 e. The average Bonchev–Trinajstić information content (AvgIpc) is 2.54. The maximum absolute atomic E-state index is 12.1. The molecule has 1 aromatic rings. The zero-order valence-electron chi connectivity index (χ0n) is 15.8. The molecule has 0 saturated heterocycles. The minimum atomic E-state index is -0.262. The van der Waals surface area contributed by atoms with Crippen molar-refractivity contribution in [1.29, 1.82) is 0 Å². The van der Waals surface area contributed by atoms with Crippen molar-refractivity contribution in [2.75, 3.05) is 11.9 Å². The molecule has 0 radical (unpaired) electrons. The van der Waals surface area contributed by atoms with Gasteiger partial charge < -0.3 is 16.0 Å². The highest BCUT2D eigenvalue weighted by molar-refractivity contribution is 5.95.